The second-order valence-corrected chi connectivity index (χ2v) is 6.00. The number of amides is 4. The van der Waals surface area contributed by atoms with E-state index >= 15 is 0 Å². The summed E-state index contributed by atoms with van der Waals surface area (Å²) in [4.78, 5) is 47.8. The van der Waals surface area contributed by atoms with Crippen LogP contribution in [0.4, 0.5) is 4.79 Å². The summed E-state index contributed by atoms with van der Waals surface area (Å²) in [5.41, 5.74) is -0.962. The van der Waals surface area contributed by atoms with Gasteiger partial charge in [-0.3, -0.25) is 19.3 Å². The van der Waals surface area contributed by atoms with Gasteiger partial charge in [0.05, 0.1) is 6.42 Å². The molecule has 0 saturated carbocycles. The number of rotatable bonds is 8. The van der Waals surface area contributed by atoms with Crippen LogP contribution in [0.5, 0.6) is 0 Å². The zero-order valence-corrected chi connectivity index (χ0v) is 14.1. The van der Waals surface area contributed by atoms with E-state index < -0.39 is 17.5 Å². The summed E-state index contributed by atoms with van der Waals surface area (Å²) in [6, 6.07) is -0.464. The molecule has 2 N–H and O–H groups in total. The Morgan fingerprint density at radius 1 is 1.26 bits per heavy atom. The summed E-state index contributed by atoms with van der Waals surface area (Å²) >= 11 is 0. The van der Waals surface area contributed by atoms with Gasteiger partial charge in [-0.15, -0.1) is 0 Å². The van der Waals surface area contributed by atoms with Crippen LogP contribution < -0.4 is 10.6 Å². The fraction of sp³-hybridized carbons (Fsp3) is 0.733. The fourth-order valence-corrected chi connectivity index (χ4v) is 2.20. The van der Waals surface area contributed by atoms with Crippen molar-refractivity contribution in [2.45, 2.75) is 58.5 Å². The summed E-state index contributed by atoms with van der Waals surface area (Å²) in [6.45, 7) is 6.67. The number of hydrogen-bond donors (Lipinski definition) is 2. The fourth-order valence-electron chi connectivity index (χ4n) is 2.20. The number of urea groups is 1. The van der Waals surface area contributed by atoms with Crippen molar-refractivity contribution in [3.8, 4) is 0 Å². The largest absolute Gasteiger partial charge is 0.456 e. The van der Waals surface area contributed by atoms with Crippen molar-refractivity contribution in [3.05, 3.63) is 0 Å². The third kappa shape index (κ3) is 5.22. The first-order valence-corrected chi connectivity index (χ1v) is 7.80. The van der Waals surface area contributed by atoms with E-state index in [-0.39, 0.29) is 37.4 Å². The van der Waals surface area contributed by atoms with Crippen molar-refractivity contribution in [2.24, 2.45) is 0 Å². The van der Waals surface area contributed by atoms with E-state index in [1.54, 1.807) is 13.8 Å². The van der Waals surface area contributed by atoms with Gasteiger partial charge in [0.1, 0.15) is 5.54 Å². The molecule has 130 valence electrons. The van der Waals surface area contributed by atoms with E-state index in [1.807, 2.05) is 13.8 Å². The van der Waals surface area contributed by atoms with Crippen molar-refractivity contribution in [1.29, 1.82) is 0 Å². The average Bonchev–Trinajstić information content (AvgIpc) is 2.68. The average molecular weight is 327 g/mol. The lowest BCUT2D eigenvalue weighted by Crippen LogP contribution is -2.40. The first kappa shape index (κ1) is 18.9. The molecular formula is C15H25N3O5. The smallest absolute Gasteiger partial charge is 0.325 e. The Kier molecular flexibility index (Phi) is 6.53. The minimum Gasteiger partial charge on any atom is -0.456 e. The Morgan fingerprint density at radius 3 is 2.35 bits per heavy atom. The minimum atomic E-state index is -0.962. The zero-order valence-electron chi connectivity index (χ0n) is 14.1. The molecule has 1 aliphatic rings. The van der Waals surface area contributed by atoms with Crippen LogP contribution in [-0.2, 0) is 19.1 Å². The molecular weight excluding hydrogens is 302 g/mol. The lowest BCUT2D eigenvalue weighted by molar-refractivity contribution is -0.149. The Morgan fingerprint density at radius 2 is 1.87 bits per heavy atom. The first-order chi connectivity index (χ1) is 10.7. The van der Waals surface area contributed by atoms with Crippen LogP contribution in [0.25, 0.3) is 0 Å². The first-order valence-electron chi connectivity index (χ1n) is 7.80. The van der Waals surface area contributed by atoms with Crippen molar-refractivity contribution >= 4 is 23.8 Å². The molecule has 0 atom stereocenters. The molecule has 1 heterocycles. The van der Waals surface area contributed by atoms with Gasteiger partial charge in [0.15, 0.2) is 6.61 Å². The molecule has 8 heteroatoms. The van der Waals surface area contributed by atoms with Crippen LogP contribution in [0.3, 0.4) is 0 Å². The van der Waals surface area contributed by atoms with Gasteiger partial charge in [-0.1, -0.05) is 13.8 Å². The Hall–Kier alpha value is -2.12. The molecule has 0 bridgehead atoms. The highest BCUT2D eigenvalue weighted by Gasteiger charge is 2.44. The second kappa shape index (κ2) is 7.94. The number of hydrogen-bond acceptors (Lipinski definition) is 5. The SMILES string of the molecule is CCC(CC)NC(=O)COC(=O)CCN1C(=O)NC(C)(C)C1=O. The molecule has 0 aromatic heterocycles. The van der Waals surface area contributed by atoms with Gasteiger partial charge in [-0.05, 0) is 26.7 Å². The van der Waals surface area contributed by atoms with Crippen molar-refractivity contribution in [3.63, 3.8) is 0 Å². The minimum absolute atomic E-state index is 0.0642. The number of carbonyl (C=O) groups is 4. The van der Waals surface area contributed by atoms with Crippen molar-refractivity contribution in [1.82, 2.24) is 15.5 Å². The topological polar surface area (TPSA) is 105 Å². The summed E-state index contributed by atoms with van der Waals surface area (Å²) < 4.78 is 4.86. The Labute approximate surface area is 135 Å². The molecule has 0 spiro atoms. The highest BCUT2D eigenvalue weighted by Crippen LogP contribution is 2.16. The number of nitrogens with one attached hydrogen (secondary N) is 2. The number of carbonyl (C=O) groups excluding carboxylic acids is 4. The molecule has 0 unspecified atom stereocenters. The number of ether oxygens (including phenoxy) is 1. The molecule has 8 nitrogen and oxygen atoms in total. The molecule has 0 aromatic carbocycles. The van der Waals surface area contributed by atoms with E-state index in [0.717, 1.165) is 17.7 Å². The number of nitrogens with zero attached hydrogens (tertiary/aromatic N) is 1. The van der Waals surface area contributed by atoms with Gasteiger partial charge >= 0.3 is 12.0 Å². The van der Waals surface area contributed by atoms with Gasteiger partial charge in [-0.25, -0.2) is 4.79 Å². The third-order valence-corrected chi connectivity index (χ3v) is 3.70. The normalized spacial score (nSPS) is 16.5. The zero-order chi connectivity index (χ0) is 17.6. The van der Waals surface area contributed by atoms with Gasteiger partial charge in [0.2, 0.25) is 0 Å². The van der Waals surface area contributed by atoms with Crippen LogP contribution in [0.1, 0.15) is 47.0 Å². The quantitative estimate of drug-likeness (QED) is 0.500. The van der Waals surface area contributed by atoms with E-state index in [9.17, 15) is 19.2 Å². The van der Waals surface area contributed by atoms with Crippen molar-refractivity contribution in [2.75, 3.05) is 13.2 Å². The summed E-state index contributed by atoms with van der Waals surface area (Å²) in [5, 5.41) is 5.27. The summed E-state index contributed by atoms with van der Waals surface area (Å²) in [7, 11) is 0. The highest BCUT2D eigenvalue weighted by atomic mass is 16.5. The molecule has 23 heavy (non-hydrogen) atoms. The maximum absolute atomic E-state index is 11.9. The van der Waals surface area contributed by atoms with Crippen LogP contribution >= 0.6 is 0 Å². The predicted octanol–water partition coefficient (Wildman–Crippen LogP) is 0.555. The van der Waals surface area contributed by atoms with Gasteiger partial charge in [0, 0.05) is 12.6 Å². The van der Waals surface area contributed by atoms with Gasteiger partial charge in [-0.2, -0.15) is 0 Å². The van der Waals surface area contributed by atoms with Crippen LogP contribution in [0.15, 0.2) is 0 Å². The van der Waals surface area contributed by atoms with E-state index in [0.29, 0.717) is 0 Å². The summed E-state index contributed by atoms with van der Waals surface area (Å²) in [5.74, 6) is -1.38. The van der Waals surface area contributed by atoms with Gasteiger partial charge < -0.3 is 15.4 Å². The van der Waals surface area contributed by atoms with E-state index in [2.05, 4.69) is 10.6 Å². The molecule has 1 fully saturated rings. The van der Waals surface area contributed by atoms with Gasteiger partial charge in [0.25, 0.3) is 11.8 Å². The molecule has 1 aliphatic heterocycles. The number of esters is 1. The molecule has 4 amide bonds. The maximum Gasteiger partial charge on any atom is 0.325 e. The molecule has 0 aliphatic carbocycles. The maximum atomic E-state index is 11.9. The van der Waals surface area contributed by atoms with Crippen LogP contribution in [-0.4, -0.2) is 53.4 Å². The predicted molar refractivity (Wildman–Crippen MR) is 82.4 cm³/mol. The second-order valence-electron chi connectivity index (χ2n) is 6.00. The summed E-state index contributed by atoms with van der Waals surface area (Å²) in [6.07, 6.45) is 1.46. The third-order valence-electron chi connectivity index (χ3n) is 3.70. The lowest BCUT2D eigenvalue weighted by Gasteiger charge is -2.16. The van der Waals surface area contributed by atoms with Crippen LogP contribution in [0, 0.1) is 0 Å². The molecule has 1 saturated heterocycles. The van der Waals surface area contributed by atoms with E-state index in [1.165, 1.54) is 0 Å². The standard InChI is InChI=1S/C15H25N3O5/c1-5-10(6-2)16-11(19)9-23-12(20)7-8-18-13(21)15(3,4)17-14(18)22/h10H,5-9H2,1-4H3,(H,16,19)(H,17,22). The Bertz CT molecular complexity index is 486. The monoisotopic (exact) mass is 327 g/mol. The lowest BCUT2D eigenvalue weighted by atomic mass is 10.1. The molecule has 1 rings (SSSR count). The van der Waals surface area contributed by atoms with Crippen molar-refractivity contribution < 1.29 is 23.9 Å². The molecule has 0 aromatic rings. The molecule has 0 radical (unpaired) electrons. The Balaban J connectivity index is 2.34. The van der Waals surface area contributed by atoms with E-state index in [4.69, 9.17) is 4.74 Å². The highest BCUT2D eigenvalue weighted by molar-refractivity contribution is 6.06. The van der Waals surface area contributed by atoms with Crippen LogP contribution in [0.2, 0.25) is 0 Å². The number of imide groups is 1.